The Balaban J connectivity index is 1.46. The van der Waals surface area contributed by atoms with Crippen LogP contribution >= 0.6 is 11.6 Å². The number of nitrogens with zero attached hydrogens (tertiary/aromatic N) is 3. The maximum atomic E-state index is 5.93. The summed E-state index contributed by atoms with van der Waals surface area (Å²) in [5.74, 6) is 1.96. The van der Waals surface area contributed by atoms with Gasteiger partial charge in [0.05, 0.1) is 25.5 Å². The highest BCUT2D eigenvalue weighted by Crippen LogP contribution is 2.22. The summed E-state index contributed by atoms with van der Waals surface area (Å²) in [5.41, 5.74) is 0.852. The molecule has 0 radical (unpaired) electrons. The topological polar surface area (TPSA) is 64.5 Å². The van der Waals surface area contributed by atoms with Crippen LogP contribution in [0.2, 0.25) is 5.02 Å². The quantitative estimate of drug-likeness (QED) is 0.619. The Morgan fingerprint density at radius 2 is 2.00 bits per heavy atom. The van der Waals surface area contributed by atoms with Gasteiger partial charge in [-0.15, -0.1) is 10.2 Å². The van der Waals surface area contributed by atoms with Crippen LogP contribution in [0.4, 0.5) is 0 Å². The first kappa shape index (κ1) is 17.3. The largest absolute Gasteiger partial charge is 0.468 e. The molecule has 0 bridgehead atoms. The number of hydrogen-bond donors (Lipinski definition) is 0. The predicted octanol–water partition coefficient (Wildman–Crippen LogP) is 4.16. The molecule has 1 aliphatic rings. The van der Waals surface area contributed by atoms with Gasteiger partial charge in [0.15, 0.2) is 0 Å². The van der Waals surface area contributed by atoms with Crippen molar-refractivity contribution in [3.8, 4) is 11.5 Å². The minimum atomic E-state index is 0.239. The third-order valence-corrected chi connectivity index (χ3v) is 4.61. The Morgan fingerprint density at radius 3 is 2.73 bits per heavy atom. The Morgan fingerprint density at radius 1 is 1.12 bits per heavy atom. The van der Waals surface area contributed by atoms with Crippen molar-refractivity contribution in [1.29, 1.82) is 0 Å². The minimum Gasteiger partial charge on any atom is -0.468 e. The van der Waals surface area contributed by atoms with E-state index in [2.05, 4.69) is 15.1 Å². The van der Waals surface area contributed by atoms with Gasteiger partial charge in [0.2, 0.25) is 11.8 Å². The van der Waals surface area contributed by atoms with Crippen LogP contribution in [0, 0.1) is 0 Å². The van der Waals surface area contributed by atoms with Gasteiger partial charge in [-0.05, 0) is 49.2 Å². The number of halogens is 1. The Labute approximate surface area is 156 Å². The zero-order valence-corrected chi connectivity index (χ0v) is 15.1. The fraction of sp³-hybridized carbons (Fsp3) is 0.368. The number of furan rings is 1. The van der Waals surface area contributed by atoms with Crippen molar-refractivity contribution in [2.24, 2.45) is 0 Å². The molecule has 1 aliphatic heterocycles. The molecule has 0 N–H and O–H groups in total. The first-order chi connectivity index (χ1) is 12.8. The van der Waals surface area contributed by atoms with Gasteiger partial charge in [-0.2, -0.15) is 0 Å². The maximum Gasteiger partial charge on any atom is 0.247 e. The van der Waals surface area contributed by atoms with Crippen LogP contribution in [0.3, 0.4) is 0 Å². The number of aromatic nitrogens is 2. The fourth-order valence-electron chi connectivity index (χ4n) is 3.10. The van der Waals surface area contributed by atoms with Crippen molar-refractivity contribution < 1.29 is 13.6 Å². The summed E-state index contributed by atoms with van der Waals surface area (Å²) in [6.07, 6.45) is 4.11. The van der Waals surface area contributed by atoms with Crippen molar-refractivity contribution >= 4 is 11.6 Å². The van der Waals surface area contributed by atoms with E-state index >= 15 is 0 Å². The predicted molar refractivity (Wildman–Crippen MR) is 96.5 cm³/mol. The normalized spacial score (nSPS) is 17.2. The van der Waals surface area contributed by atoms with Crippen molar-refractivity contribution in [3.05, 3.63) is 59.3 Å². The molecule has 3 heterocycles. The first-order valence-corrected chi connectivity index (χ1v) is 9.09. The van der Waals surface area contributed by atoms with Crippen LogP contribution in [0.1, 0.15) is 24.5 Å². The molecule has 1 saturated heterocycles. The van der Waals surface area contributed by atoms with Crippen molar-refractivity contribution in [2.45, 2.75) is 32.0 Å². The highest BCUT2D eigenvalue weighted by atomic mass is 35.5. The van der Waals surface area contributed by atoms with Crippen LogP contribution in [0.25, 0.3) is 11.5 Å². The number of benzene rings is 1. The van der Waals surface area contributed by atoms with Crippen LogP contribution in [-0.4, -0.2) is 34.4 Å². The van der Waals surface area contributed by atoms with E-state index in [1.165, 1.54) is 0 Å². The average molecular weight is 374 g/mol. The van der Waals surface area contributed by atoms with Gasteiger partial charge in [0.25, 0.3) is 0 Å². The zero-order valence-electron chi connectivity index (χ0n) is 14.3. The lowest BCUT2D eigenvalue weighted by molar-refractivity contribution is 0.0624. The van der Waals surface area contributed by atoms with E-state index in [4.69, 9.17) is 25.2 Å². The van der Waals surface area contributed by atoms with Gasteiger partial charge in [-0.3, -0.25) is 4.90 Å². The van der Waals surface area contributed by atoms with Gasteiger partial charge in [0.1, 0.15) is 5.76 Å². The smallest absolute Gasteiger partial charge is 0.247 e. The van der Waals surface area contributed by atoms with Crippen molar-refractivity contribution in [2.75, 3.05) is 13.2 Å². The molecule has 136 valence electrons. The second-order valence-corrected chi connectivity index (χ2v) is 6.83. The summed E-state index contributed by atoms with van der Waals surface area (Å²) in [7, 11) is 0. The molecule has 6 nitrogen and oxygen atoms in total. The second-order valence-electron chi connectivity index (χ2n) is 6.39. The molecule has 0 unspecified atom stereocenters. The Hall–Kier alpha value is -2.15. The summed E-state index contributed by atoms with van der Waals surface area (Å²) in [5, 5.41) is 9.03. The lowest BCUT2D eigenvalue weighted by Gasteiger charge is -2.22. The van der Waals surface area contributed by atoms with Crippen LogP contribution < -0.4 is 0 Å². The Bertz CT molecular complexity index is 811. The first-order valence-electron chi connectivity index (χ1n) is 8.71. The highest BCUT2D eigenvalue weighted by Gasteiger charge is 2.22. The summed E-state index contributed by atoms with van der Waals surface area (Å²) in [6.45, 7) is 2.85. The molecule has 2 aromatic heterocycles. The van der Waals surface area contributed by atoms with E-state index in [9.17, 15) is 0 Å². The SMILES string of the molecule is Clc1ccc(-c2nnc(CN(Cc3ccco3)C[C@@H]3CCCO3)o2)cc1. The van der Waals surface area contributed by atoms with Gasteiger partial charge >= 0.3 is 0 Å². The molecule has 4 rings (SSSR count). The van der Waals surface area contributed by atoms with Crippen LogP contribution in [-0.2, 0) is 17.8 Å². The molecule has 1 aromatic carbocycles. The van der Waals surface area contributed by atoms with Crippen LogP contribution in [0.5, 0.6) is 0 Å². The van der Waals surface area contributed by atoms with E-state index in [0.29, 0.717) is 29.9 Å². The molecular formula is C19H20ClN3O3. The highest BCUT2D eigenvalue weighted by molar-refractivity contribution is 6.30. The lowest BCUT2D eigenvalue weighted by atomic mass is 10.2. The third-order valence-electron chi connectivity index (χ3n) is 4.36. The maximum absolute atomic E-state index is 5.93. The molecule has 1 fully saturated rings. The summed E-state index contributed by atoms with van der Waals surface area (Å²) in [4.78, 5) is 2.22. The van der Waals surface area contributed by atoms with Gasteiger partial charge < -0.3 is 13.6 Å². The molecule has 3 aromatic rings. The van der Waals surface area contributed by atoms with Gasteiger partial charge in [-0.25, -0.2) is 0 Å². The third kappa shape index (κ3) is 4.33. The van der Waals surface area contributed by atoms with E-state index in [0.717, 1.165) is 37.3 Å². The lowest BCUT2D eigenvalue weighted by Crippen LogP contribution is -2.31. The van der Waals surface area contributed by atoms with E-state index in [1.54, 1.807) is 18.4 Å². The standard InChI is InChI=1S/C19H20ClN3O3/c20-15-7-5-14(6-8-15)19-22-21-18(26-19)13-23(11-16-3-1-9-24-16)12-17-4-2-10-25-17/h1,3,5-9,17H,2,4,10-13H2/t17-/m0/s1. The molecular weight excluding hydrogens is 354 g/mol. The molecule has 0 amide bonds. The summed E-state index contributed by atoms with van der Waals surface area (Å²) >= 11 is 5.93. The molecule has 0 saturated carbocycles. The molecule has 7 heteroatoms. The Kier molecular flexibility index (Phi) is 5.34. The van der Waals surface area contributed by atoms with Crippen LogP contribution in [0.15, 0.2) is 51.5 Å². The molecule has 0 spiro atoms. The average Bonchev–Trinajstić information content (AvgIpc) is 3.38. The van der Waals surface area contributed by atoms with Gasteiger partial charge in [0, 0.05) is 23.7 Å². The number of ether oxygens (including phenoxy) is 1. The van der Waals surface area contributed by atoms with E-state index < -0.39 is 0 Å². The number of hydrogen-bond acceptors (Lipinski definition) is 6. The molecule has 1 atom stereocenters. The zero-order chi connectivity index (χ0) is 17.8. The monoisotopic (exact) mass is 373 g/mol. The minimum absolute atomic E-state index is 0.239. The van der Waals surface area contributed by atoms with Gasteiger partial charge in [-0.1, -0.05) is 11.6 Å². The molecule has 0 aliphatic carbocycles. The summed E-state index contributed by atoms with van der Waals surface area (Å²) < 4.78 is 17.1. The van der Waals surface area contributed by atoms with Crippen molar-refractivity contribution in [1.82, 2.24) is 15.1 Å². The second kappa shape index (κ2) is 8.03. The van der Waals surface area contributed by atoms with Crippen molar-refractivity contribution in [3.63, 3.8) is 0 Å². The van der Waals surface area contributed by atoms with E-state index in [-0.39, 0.29) is 6.10 Å². The fourth-order valence-corrected chi connectivity index (χ4v) is 3.23. The molecule has 26 heavy (non-hydrogen) atoms. The number of rotatable bonds is 7. The van der Waals surface area contributed by atoms with E-state index in [1.807, 2.05) is 24.3 Å². The summed E-state index contributed by atoms with van der Waals surface area (Å²) in [6, 6.07) is 11.2.